The van der Waals surface area contributed by atoms with Crippen molar-refractivity contribution in [3.63, 3.8) is 0 Å². The molecule has 10 nitrogen and oxygen atoms in total. The number of halogens is 1. The monoisotopic (exact) mass is 481 g/mol. The van der Waals surface area contributed by atoms with E-state index >= 15 is 0 Å². The van der Waals surface area contributed by atoms with Crippen LogP contribution < -0.4 is 15.4 Å². The number of aldehydes is 1. The summed E-state index contributed by atoms with van der Waals surface area (Å²) in [6.07, 6.45) is 0.704. The number of rotatable bonds is 10. The maximum atomic E-state index is 13.3. The summed E-state index contributed by atoms with van der Waals surface area (Å²) < 4.78 is 5.13. The van der Waals surface area contributed by atoms with Crippen molar-refractivity contribution in [3.8, 4) is 5.75 Å². The van der Waals surface area contributed by atoms with E-state index in [1.54, 1.807) is 26.0 Å². The number of carboxylic acid groups (broad SMARTS) is 1. The van der Waals surface area contributed by atoms with Gasteiger partial charge in [-0.3, -0.25) is 19.2 Å². The minimum Gasteiger partial charge on any atom is -0.495 e. The highest BCUT2D eigenvalue weighted by molar-refractivity contribution is 6.35. The van der Waals surface area contributed by atoms with Crippen LogP contribution in [0.4, 0.5) is 0 Å². The van der Waals surface area contributed by atoms with Crippen LogP contribution in [0.5, 0.6) is 5.75 Å². The highest BCUT2D eigenvalue weighted by Gasteiger charge is 2.39. The van der Waals surface area contributed by atoms with Crippen molar-refractivity contribution >= 4 is 41.6 Å². The number of amides is 3. The van der Waals surface area contributed by atoms with Gasteiger partial charge >= 0.3 is 5.97 Å². The van der Waals surface area contributed by atoms with E-state index in [1.807, 2.05) is 0 Å². The fraction of sp³-hybridized carbons (Fsp3) is 0.500. The van der Waals surface area contributed by atoms with Crippen LogP contribution in [-0.4, -0.2) is 71.8 Å². The lowest BCUT2D eigenvalue weighted by molar-refractivity contribution is -0.142. The zero-order valence-electron chi connectivity index (χ0n) is 18.7. The lowest BCUT2D eigenvalue weighted by atomic mass is 10.0. The zero-order chi connectivity index (χ0) is 24.7. The number of hydrogen-bond acceptors (Lipinski definition) is 6. The van der Waals surface area contributed by atoms with Gasteiger partial charge in [0.25, 0.3) is 5.91 Å². The summed E-state index contributed by atoms with van der Waals surface area (Å²) in [5, 5.41) is 14.1. The molecule has 1 heterocycles. The summed E-state index contributed by atoms with van der Waals surface area (Å²) in [5.41, 5.74) is 0.146. The van der Waals surface area contributed by atoms with Gasteiger partial charge in [0, 0.05) is 6.54 Å². The Morgan fingerprint density at radius 2 is 1.97 bits per heavy atom. The Labute approximate surface area is 196 Å². The second-order valence-electron chi connectivity index (χ2n) is 8.06. The quantitative estimate of drug-likeness (QED) is 0.427. The first-order valence-electron chi connectivity index (χ1n) is 10.5. The smallest absolute Gasteiger partial charge is 0.305 e. The number of carboxylic acids is 1. The summed E-state index contributed by atoms with van der Waals surface area (Å²) >= 11 is 6.23. The zero-order valence-corrected chi connectivity index (χ0v) is 19.4. The van der Waals surface area contributed by atoms with Crippen molar-refractivity contribution in [2.24, 2.45) is 5.92 Å². The third-order valence-corrected chi connectivity index (χ3v) is 5.76. The maximum absolute atomic E-state index is 13.3. The van der Waals surface area contributed by atoms with Crippen LogP contribution in [0, 0.1) is 5.92 Å². The molecule has 0 unspecified atom stereocenters. The molecule has 0 aliphatic carbocycles. The van der Waals surface area contributed by atoms with E-state index in [9.17, 15) is 24.0 Å². The minimum atomic E-state index is -1.23. The van der Waals surface area contributed by atoms with Crippen LogP contribution >= 0.6 is 11.6 Å². The fourth-order valence-electron chi connectivity index (χ4n) is 3.66. The van der Waals surface area contributed by atoms with E-state index in [-0.39, 0.29) is 16.5 Å². The maximum Gasteiger partial charge on any atom is 0.305 e. The number of ether oxygens (including phenoxy) is 1. The van der Waals surface area contributed by atoms with Crippen molar-refractivity contribution in [3.05, 3.63) is 28.8 Å². The van der Waals surface area contributed by atoms with Crippen LogP contribution in [0.2, 0.25) is 5.02 Å². The number of aliphatic carboxylic acids is 1. The molecule has 33 heavy (non-hydrogen) atoms. The van der Waals surface area contributed by atoms with E-state index < -0.39 is 48.2 Å². The Bertz CT molecular complexity index is 921. The molecule has 0 spiro atoms. The average Bonchev–Trinajstić information content (AvgIpc) is 3.26. The van der Waals surface area contributed by atoms with Crippen LogP contribution in [0.15, 0.2) is 18.2 Å². The number of hydrogen-bond donors (Lipinski definition) is 3. The third-order valence-electron chi connectivity index (χ3n) is 5.37. The summed E-state index contributed by atoms with van der Waals surface area (Å²) in [6, 6.07) is 1.72. The Morgan fingerprint density at radius 1 is 1.27 bits per heavy atom. The molecule has 1 aromatic carbocycles. The SMILES string of the molecule is COc1cccc(C(=O)N[C@H](C(=O)N2CCC[C@H]2C(=O)N[C@H](C=O)CC(=O)O)C(C)C)c1Cl. The topological polar surface area (TPSA) is 142 Å². The van der Waals surface area contributed by atoms with Gasteiger partial charge in [-0.15, -0.1) is 0 Å². The fourth-order valence-corrected chi connectivity index (χ4v) is 3.95. The molecule has 1 aliphatic rings. The lowest BCUT2D eigenvalue weighted by Crippen LogP contribution is -2.56. The molecule has 0 bridgehead atoms. The molecule has 3 amide bonds. The molecule has 1 aliphatic heterocycles. The molecule has 11 heteroatoms. The summed E-state index contributed by atoms with van der Waals surface area (Å²) in [7, 11) is 1.42. The summed E-state index contributed by atoms with van der Waals surface area (Å²) in [6.45, 7) is 3.81. The highest BCUT2D eigenvalue weighted by Crippen LogP contribution is 2.28. The predicted molar refractivity (Wildman–Crippen MR) is 119 cm³/mol. The van der Waals surface area contributed by atoms with Gasteiger partial charge in [0.2, 0.25) is 11.8 Å². The molecule has 0 saturated carbocycles. The second kappa shape index (κ2) is 11.6. The molecule has 0 aromatic heterocycles. The Kier molecular flexibility index (Phi) is 9.22. The summed E-state index contributed by atoms with van der Waals surface area (Å²) in [5.74, 6) is -2.83. The van der Waals surface area contributed by atoms with Gasteiger partial charge in [-0.05, 0) is 30.9 Å². The van der Waals surface area contributed by atoms with Gasteiger partial charge in [-0.2, -0.15) is 0 Å². The molecule has 1 fully saturated rings. The molecule has 3 atom stereocenters. The largest absolute Gasteiger partial charge is 0.495 e. The third kappa shape index (κ3) is 6.44. The molecule has 3 N–H and O–H groups in total. The van der Waals surface area contributed by atoms with Gasteiger partial charge in [-0.1, -0.05) is 31.5 Å². The first-order chi connectivity index (χ1) is 15.6. The predicted octanol–water partition coefficient (Wildman–Crippen LogP) is 1.25. The van der Waals surface area contributed by atoms with Crippen LogP contribution in [0.3, 0.4) is 0 Å². The molecule has 1 saturated heterocycles. The first kappa shape index (κ1) is 26.1. The van der Waals surface area contributed by atoms with E-state index in [2.05, 4.69) is 10.6 Å². The van der Waals surface area contributed by atoms with E-state index in [4.69, 9.17) is 21.4 Å². The standard InChI is InChI=1S/C22H28ClN3O7/c1-12(2)19(25-20(30)14-6-4-8-16(33-3)18(14)23)22(32)26-9-5-7-15(26)21(31)24-13(11-27)10-17(28)29/h4,6,8,11-13,15,19H,5,7,9-10H2,1-3H3,(H,24,31)(H,25,30)(H,28,29)/t13-,15-,19-/m0/s1. The van der Waals surface area contributed by atoms with Crippen LogP contribution in [0.25, 0.3) is 0 Å². The number of benzene rings is 1. The van der Waals surface area contributed by atoms with Crippen molar-refractivity contribution in [1.82, 2.24) is 15.5 Å². The molecule has 2 rings (SSSR count). The van der Waals surface area contributed by atoms with E-state index in [0.717, 1.165) is 0 Å². The van der Waals surface area contributed by atoms with Crippen molar-refractivity contribution < 1.29 is 33.8 Å². The number of nitrogens with zero attached hydrogens (tertiary/aromatic N) is 1. The molecular weight excluding hydrogens is 454 g/mol. The number of nitrogens with one attached hydrogen (secondary N) is 2. The van der Waals surface area contributed by atoms with Crippen LogP contribution in [0.1, 0.15) is 43.5 Å². The second-order valence-corrected chi connectivity index (χ2v) is 8.43. The molecule has 180 valence electrons. The van der Waals surface area contributed by atoms with Crippen molar-refractivity contribution in [2.75, 3.05) is 13.7 Å². The normalized spacial score (nSPS) is 17.2. The minimum absolute atomic E-state index is 0.115. The first-order valence-corrected chi connectivity index (χ1v) is 10.9. The Hall–Kier alpha value is -3.14. The lowest BCUT2D eigenvalue weighted by Gasteiger charge is -2.31. The number of methoxy groups -OCH3 is 1. The van der Waals surface area contributed by atoms with Gasteiger partial charge in [0.1, 0.15) is 24.1 Å². The molecular formula is C22H28ClN3O7. The highest BCUT2D eigenvalue weighted by atomic mass is 35.5. The Morgan fingerprint density at radius 3 is 2.55 bits per heavy atom. The molecule has 0 radical (unpaired) electrons. The van der Waals surface area contributed by atoms with Gasteiger partial charge < -0.3 is 30.2 Å². The number of carbonyl (C=O) groups excluding carboxylic acids is 4. The van der Waals surface area contributed by atoms with Gasteiger partial charge in [0.05, 0.1) is 30.2 Å². The van der Waals surface area contributed by atoms with Gasteiger partial charge in [0.15, 0.2) is 0 Å². The molecule has 1 aromatic rings. The van der Waals surface area contributed by atoms with E-state index in [0.29, 0.717) is 31.4 Å². The average molecular weight is 482 g/mol. The van der Waals surface area contributed by atoms with Crippen molar-refractivity contribution in [1.29, 1.82) is 0 Å². The van der Waals surface area contributed by atoms with Gasteiger partial charge in [-0.25, -0.2) is 0 Å². The van der Waals surface area contributed by atoms with E-state index in [1.165, 1.54) is 18.1 Å². The van der Waals surface area contributed by atoms with Crippen molar-refractivity contribution in [2.45, 2.75) is 51.2 Å². The summed E-state index contributed by atoms with van der Waals surface area (Å²) in [4.78, 5) is 62.2. The Balaban J connectivity index is 2.17. The number of likely N-dealkylation sites (tertiary alicyclic amines) is 1. The van der Waals surface area contributed by atoms with Crippen LogP contribution in [-0.2, 0) is 19.2 Å². The number of carbonyl (C=O) groups is 5.